The number of aliphatic hydroxyl groups is 1. The summed E-state index contributed by atoms with van der Waals surface area (Å²) in [5.41, 5.74) is 0.726. The van der Waals surface area contributed by atoms with Crippen molar-refractivity contribution in [1.29, 1.82) is 0 Å². The monoisotopic (exact) mass is 590 g/mol. The van der Waals surface area contributed by atoms with Crippen LogP contribution >= 0.6 is 11.8 Å². The van der Waals surface area contributed by atoms with E-state index in [-0.39, 0.29) is 42.1 Å². The Morgan fingerprint density at radius 3 is 2.64 bits per heavy atom. The number of rotatable bonds is 13. The van der Waals surface area contributed by atoms with Gasteiger partial charge in [-0.25, -0.2) is 0 Å². The normalized spacial score (nSPS) is 28.5. The van der Waals surface area contributed by atoms with Crippen LogP contribution in [-0.4, -0.2) is 69.6 Å². The van der Waals surface area contributed by atoms with Gasteiger partial charge in [-0.1, -0.05) is 56.3 Å². The lowest BCUT2D eigenvalue weighted by Gasteiger charge is -2.42. The lowest BCUT2D eigenvalue weighted by molar-refractivity contribution is -0.155. The number of hydrogen-bond acceptors (Lipinski definition) is 6. The predicted octanol–water partition coefficient (Wildman–Crippen LogP) is 5.37. The zero-order chi connectivity index (χ0) is 30.0. The fraction of sp³-hybridized carbons (Fsp3) is 0.500. The van der Waals surface area contributed by atoms with Crippen LogP contribution in [0.25, 0.3) is 10.8 Å². The molecule has 7 atom stereocenters. The molecular formula is C34H42N2O5S. The van der Waals surface area contributed by atoms with Gasteiger partial charge in [0, 0.05) is 17.5 Å². The number of unbranched alkanes of at least 4 members (excludes halogenated alkanes) is 2. The summed E-state index contributed by atoms with van der Waals surface area (Å²) in [5, 5.41) is 12.4. The van der Waals surface area contributed by atoms with E-state index in [9.17, 15) is 19.5 Å². The van der Waals surface area contributed by atoms with E-state index < -0.39 is 28.7 Å². The molecule has 7 nitrogen and oxygen atoms in total. The first kappa shape index (κ1) is 30.4. The second-order valence-corrected chi connectivity index (χ2v) is 13.3. The van der Waals surface area contributed by atoms with Crippen molar-refractivity contribution < 1.29 is 24.2 Å². The molecule has 2 bridgehead atoms. The van der Waals surface area contributed by atoms with Gasteiger partial charge < -0.3 is 19.6 Å². The Bertz CT molecular complexity index is 1360. The molecule has 3 aliphatic heterocycles. The molecule has 3 unspecified atom stereocenters. The van der Waals surface area contributed by atoms with Gasteiger partial charge in [-0.2, -0.15) is 0 Å². The van der Waals surface area contributed by atoms with Crippen molar-refractivity contribution >= 4 is 46.0 Å². The fourth-order valence-electron chi connectivity index (χ4n) is 7.42. The van der Waals surface area contributed by atoms with Gasteiger partial charge in [-0.15, -0.1) is 24.9 Å². The summed E-state index contributed by atoms with van der Waals surface area (Å²) in [7, 11) is 0. The van der Waals surface area contributed by atoms with E-state index in [1.165, 1.54) is 0 Å². The minimum atomic E-state index is -0.825. The number of amides is 2. The third-order valence-electron chi connectivity index (χ3n) is 9.43. The Morgan fingerprint density at radius 2 is 1.95 bits per heavy atom. The number of benzene rings is 2. The Hall–Kier alpha value is -3.10. The quantitative estimate of drug-likeness (QED) is 0.192. The number of aliphatic hydroxyl groups excluding tert-OH is 1. The summed E-state index contributed by atoms with van der Waals surface area (Å²) in [5.74, 6) is -2.03. The molecule has 3 heterocycles. The van der Waals surface area contributed by atoms with E-state index in [0.717, 1.165) is 42.1 Å². The van der Waals surface area contributed by atoms with Gasteiger partial charge in [-0.05, 0) is 60.9 Å². The molecule has 3 fully saturated rings. The van der Waals surface area contributed by atoms with Gasteiger partial charge in [0.25, 0.3) is 5.91 Å². The molecule has 42 heavy (non-hydrogen) atoms. The zero-order valence-electron chi connectivity index (χ0n) is 24.6. The number of esters is 1. The molecule has 0 radical (unpaired) electrons. The van der Waals surface area contributed by atoms with E-state index in [1.54, 1.807) is 27.6 Å². The van der Waals surface area contributed by atoms with Gasteiger partial charge in [0.1, 0.15) is 6.04 Å². The van der Waals surface area contributed by atoms with Crippen LogP contribution in [0.5, 0.6) is 0 Å². The molecule has 224 valence electrons. The number of allylic oxidation sites excluding steroid dienone is 1. The molecule has 0 saturated carbocycles. The number of likely N-dealkylation sites (tertiary alicyclic amines) is 1. The van der Waals surface area contributed by atoms with Crippen LogP contribution in [0.2, 0.25) is 0 Å². The number of hydrogen-bond donors (Lipinski definition) is 1. The Morgan fingerprint density at radius 1 is 1.19 bits per heavy atom. The van der Waals surface area contributed by atoms with Crippen molar-refractivity contribution in [1.82, 2.24) is 4.90 Å². The summed E-state index contributed by atoms with van der Waals surface area (Å²) < 4.78 is 4.95. The zero-order valence-corrected chi connectivity index (χ0v) is 25.4. The van der Waals surface area contributed by atoms with E-state index in [2.05, 4.69) is 20.1 Å². The van der Waals surface area contributed by atoms with Crippen molar-refractivity contribution in [3.8, 4) is 0 Å². The second kappa shape index (κ2) is 12.6. The standard InChI is InChI=1S/C34H42N2O5S/c1-5-8-9-12-18-41-33(40)28-27-19-22(4)34(42-27)29(28)31(38)36(25(7-3)21-37)30(34)32(39)35(17-6-2)26-16-15-23-13-10-11-14-24(23)20-26/h5-6,10-11,13-16,20,22,25,27-30,37H,1-2,7-9,12,17-19,21H2,3-4H3/t22?,25-,27-,28+,29-,30?,34?/m0/s1. The topological polar surface area (TPSA) is 87.2 Å². The molecule has 3 aliphatic rings. The Labute approximate surface area is 253 Å². The molecule has 0 aromatic heterocycles. The molecule has 2 amide bonds. The van der Waals surface area contributed by atoms with Crippen molar-refractivity contribution in [2.75, 3.05) is 24.7 Å². The summed E-state index contributed by atoms with van der Waals surface area (Å²) in [4.78, 5) is 46.1. The van der Waals surface area contributed by atoms with E-state index in [1.807, 2.05) is 55.5 Å². The Balaban J connectivity index is 1.54. The third-order valence-corrected chi connectivity index (χ3v) is 11.5. The van der Waals surface area contributed by atoms with E-state index in [4.69, 9.17) is 4.74 Å². The van der Waals surface area contributed by atoms with Crippen LogP contribution in [-0.2, 0) is 19.1 Å². The highest BCUT2D eigenvalue weighted by Gasteiger charge is 2.77. The van der Waals surface area contributed by atoms with Gasteiger partial charge in [-0.3, -0.25) is 14.4 Å². The maximum atomic E-state index is 14.8. The van der Waals surface area contributed by atoms with Gasteiger partial charge in [0.2, 0.25) is 5.91 Å². The minimum absolute atomic E-state index is 0.0235. The second-order valence-electron chi connectivity index (χ2n) is 11.8. The van der Waals surface area contributed by atoms with Gasteiger partial charge in [0.05, 0.1) is 35.8 Å². The van der Waals surface area contributed by atoms with Crippen LogP contribution in [0, 0.1) is 17.8 Å². The number of ether oxygens (including phenoxy) is 1. The van der Waals surface area contributed by atoms with Crippen LogP contribution in [0.1, 0.15) is 46.0 Å². The number of thioether (sulfide) groups is 1. The highest BCUT2D eigenvalue weighted by Crippen LogP contribution is 2.69. The van der Waals surface area contributed by atoms with Crippen LogP contribution < -0.4 is 4.90 Å². The summed E-state index contributed by atoms with van der Waals surface area (Å²) in [6.07, 6.45) is 7.25. The van der Waals surface area contributed by atoms with Crippen molar-refractivity contribution in [2.24, 2.45) is 17.8 Å². The molecule has 8 heteroatoms. The number of anilines is 1. The summed E-state index contributed by atoms with van der Waals surface area (Å²) >= 11 is 1.63. The number of carbonyl (C=O) groups excluding carboxylic acids is 3. The molecule has 1 N–H and O–H groups in total. The molecular weight excluding hydrogens is 548 g/mol. The average Bonchev–Trinajstić information content (AvgIpc) is 3.59. The van der Waals surface area contributed by atoms with E-state index in [0.29, 0.717) is 13.0 Å². The SMILES string of the molecule is C=CCCCCOC(=O)[C@@H]1[C@@H]2CC(C)C3(S2)C(C(=O)N(CC=C)c2ccc4ccccc4c2)N([C@@H](CC)CO)C(=O)[C@H]13. The van der Waals surface area contributed by atoms with Crippen LogP contribution in [0.3, 0.4) is 0 Å². The maximum absolute atomic E-state index is 14.8. The summed E-state index contributed by atoms with van der Waals surface area (Å²) in [6, 6.07) is 12.5. The number of fused-ring (bicyclic) bond motifs is 2. The first-order chi connectivity index (χ1) is 20.3. The average molecular weight is 591 g/mol. The summed E-state index contributed by atoms with van der Waals surface area (Å²) in [6.45, 7) is 12.0. The molecule has 2 aromatic rings. The van der Waals surface area contributed by atoms with E-state index >= 15 is 0 Å². The smallest absolute Gasteiger partial charge is 0.310 e. The lowest BCUT2D eigenvalue weighted by atomic mass is 9.66. The number of carbonyl (C=O) groups is 3. The van der Waals surface area contributed by atoms with Crippen molar-refractivity contribution in [3.05, 3.63) is 67.8 Å². The molecule has 0 aliphatic carbocycles. The highest BCUT2D eigenvalue weighted by atomic mass is 32.2. The molecule has 2 aromatic carbocycles. The minimum Gasteiger partial charge on any atom is -0.465 e. The van der Waals surface area contributed by atoms with Crippen LogP contribution in [0.4, 0.5) is 5.69 Å². The highest BCUT2D eigenvalue weighted by molar-refractivity contribution is 8.02. The van der Waals surface area contributed by atoms with Crippen LogP contribution in [0.15, 0.2) is 67.8 Å². The molecule has 5 rings (SSSR count). The lowest BCUT2D eigenvalue weighted by Crippen LogP contribution is -2.59. The number of nitrogens with zero attached hydrogens (tertiary/aromatic N) is 2. The Kier molecular flexibility index (Phi) is 9.14. The van der Waals surface area contributed by atoms with Crippen molar-refractivity contribution in [3.63, 3.8) is 0 Å². The largest absolute Gasteiger partial charge is 0.465 e. The first-order valence-electron chi connectivity index (χ1n) is 15.1. The first-order valence-corrected chi connectivity index (χ1v) is 16.0. The maximum Gasteiger partial charge on any atom is 0.310 e. The third kappa shape index (κ3) is 4.96. The van der Waals surface area contributed by atoms with Crippen molar-refractivity contribution in [2.45, 2.75) is 68.0 Å². The van der Waals surface area contributed by atoms with Gasteiger partial charge >= 0.3 is 5.97 Å². The van der Waals surface area contributed by atoms with Gasteiger partial charge in [0.15, 0.2) is 0 Å². The molecule has 1 spiro atoms. The molecule has 3 saturated heterocycles. The predicted molar refractivity (Wildman–Crippen MR) is 168 cm³/mol. The fourth-order valence-corrected chi connectivity index (χ4v) is 9.81.